The van der Waals surface area contributed by atoms with Crippen LogP contribution >= 0.6 is 11.6 Å². The van der Waals surface area contributed by atoms with Crippen molar-refractivity contribution in [3.8, 4) is 0 Å². The lowest BCUT2D eigenvalue weighted by Gasteiger charge is -2.23. The topological polar surface area (TPSA) is 24.5 Å². The Morgan fingerprint density at radius 2 is 2.16 bits per heavy atom. The molecular formula is C15H23ClN2O. The molecule has 0 saturated carbocycles. The lowest BCUT2D eigenvalue weighted by molar-refractivity contribution is 0.152. The van der Waals surface area contributed by atoms with E-state index in [0.717, 1.165) is 50.0 Å². The summed E-state index contributed by atoms with van der Waals surface area (Å²) >= 11 is 6.42. The summed E-state index contributed by atoms with van der Waals surface area (Å²) in [6.07, 6.45) is 1.06. The Labute approximate surface area is 120 Å². The summed E-state index contributed by atoms with van der Waals surface area (Å²) in [5.41, 5.74) is 2.36. The average Bonchev–Trinajstić information content (AvgIpc) is 2.65. The van der Waals surface area contributed by atoms with Gasteiger partial charge in [-0.15, -0.1) is 0 Å². The van der Waals surface area contributed by atoms with E-state index >= 15 is 0 Å². The van der Waals surface area contributed by atoms with Gasteiger partial charge in [0.1, 0.15) is 0 Å². The predicted octanol–water partition coefficient (Wildman–Crippen LogP) is 3.06. The van der Waals surface area contributed by atoms with E-state index in [4.69, 9.17) is 16.3 Å². The van der Waals surface area contributed by atoms with Crippen LogP contribution in [0.15, 0.2) is 18.2 Å². The standard InChI is InChI=1S/C15H23ClN2O/c1-12(2)17-11-13-4-5-15(14(16)10-13)18-6-3-8-19-9-7-18/h4-5,10,12,17H,3,6-9,11H2,1-2H3. The quantitative estimate of drug-likeness (QED) is 0.919. The highest BCUT2D eigenvalue weighted by molar-refractivity contribution is 6.33. The van der Waals surface area contributed by atoms with E-state index in [1.165, 1.54) is 5.56 Å². The summed E-state index contributed by atoms with van der Waals surface area (Å²) < 4.78 is 5.48. The zero-order valence-electron chi connectivity index (χ0n) is 11.8. The Bertz CT molecular complexity index is 401. The number of nitrogens with one attached hydrogen (secondary N) is 1. The van der Waals surface area contributed by atoms with Crippen LogP contribution in [0, 0.1) is 0 Å². The minimum absolute atomic E-state index is 0.487. The van der Waals surface area contributed by atoms with E-state index in [-0.39, 0.29) is 0 Å². The van der Waals surface area contributed by atoms with Gasteiger partial charge < -0.3 is 15.0 Å². The molecule has 106 valence electrons. The molecule has 0 aliphatic carbocycles. The van der Waals surface area contributed by atoms with Crippen LogP contribution < -0.4 is 10.2 Å². The molecule has 2 rings (SSSR count). The van der Waals surface area contributed by atoms with E-state index in [2.05, 4.69) is 42.3 Å². The first-order valence-corrected chi connectivity index (χ1v) is 7.39. The van der Waals surface area contributed by atoms with Crippen molar-refractivity contribution in [1.29, 1.82) is 0 Å². The molecule has 3 nitrogen and oxygen atoms in total. The third-order valence-electron chi connectivity index (χ3n) is 3.29. The normalized spacial score (nSPS) is 16.7. The summed E-state index contributed by atoms with van der Waals surface area (Å²) in [5.74, 6) is 0. The Morgan fingerprint density at radius 3 is 2.89 bits per heavy atom. The van der Waals surface area contributed by atoms with Gasteiger partial charge in [-0.1, -0.05) is 31.5 Å². The fourth-order valence-electron chi connectivity index (χ4n) is 2.23. The monoisotopic (exact) mass is 282 g/mol. The van der Waals surface area contributed by atoms with Crippen LogP contribution in [0.1, 0.15) is 25.8 Å². The molecule has 1 aliphatic rings. The summed E-state index contributed by atoms with van der Waals surface area (Å²) in [6, 6.07) is 6.84. The van der Waals surface area contributed by atoms with Crippen LogP contribution in [0.2, 0.25) is 5.02 Å². The SMILES string of the molecule is CC(C)NCc1ccc(N2CCCOCC2)c(Cl)c1. The van der Waals surface area contributed by atoms with Crippen LogP contribution in [0.3, 0.4) is 0 Å². The number of anilines is 1. The Balaban J connectivity index is 2.05. The van der Waals surface area contributed by atoms with Crippen molar-refractivity contribution in [2.24, 2.45) is 0 Å². The van der Waals surface area contributed by atoms with Crippen LogP contribution in [-0.2, 0) is 11.3 Å². The zero-order chi connectivity index (χ0) is 13.7. The highest BCUT2D eigenvalue weighted by Gasteiger charge is 2.13. The Kier molecular flexibility index (Phi) is 5.49. The van der Waals surface area contributed by atoms with Crippen LogP contribution in [0.25, 0.3) is 0 Å². The number of hydrogen-bond acceptors (Lipinski definition) is 3. The maximum atomic E-state index is 6.42. The minimum Gasteiger partial charge on any atom is -0.380 e. The fourth-order valence-corrected chi connectivity index (χ4v) is 2.55. The van der Waals surface area contributed by atoms with Gasteiger partial charge in [-0.25, -0.2) is 0 Å². The third kappa shape index (κ3) is 4.37. The van der Waals surface area contributed by atoms with Gasteiger partial charge in [-0.2, -0.15) is 0 Å². The van der Waals surface area contributed by atoms with Gasteiger partial charge >= 0.3 is 0 Å². The minimum atomic E-state index is 0.487. The molecule has 0 unspecified atom stereocenters. The number of nitrogens with zero attached hydrogens (tertiary/aromatic N) is 1. The molecule has 1 aromatic rings. The van der Waals surface area contributed by atoms with Crippen molar-refractivity contribution >= 4 is 17.3 Å². The second-order valence-corrected chi connectivity index (χ2v) is 5.68. The zero-order valence-corrected chi connectivity index (χ0v) is 12.5. The number of hydrogen-bond donors (Lipinski definition) is 1. The van der Waals surface area contributed by atoms with Gasteiger partial charge in [0.15, 0.2) is 0 Å². The smallest absolute Gasteiger partial charge is 0.0642 e. The van der Waals surface area contributed by atoms with Crippen molar-refractivity contribution < 1.29 is 4.74 Å². The van der Waals surface area contributed by atoms with Crippen molar-refractivity contribution in [3.05, 3.63) is 28.8 Å². The van der Waals surface area contributed by atoms with Gasteiger partial charge in [0.25, 0.3) is 0 Å². The van der Waals surface area contributed by atoms with Crippen molar-refractivity contribution in [3.63, 3.8) is 0 Å². The predicted molar refractivity (Wildman–Crippen MR) is 81.1 cm³/mol. The highest BCUT2D eigenvalue weighted by atomic mass is 35.5. The Morgan fingerprint density at radius 1 is 1.32 bits per heavy atom. The molecular weight excluding hydrogens is 260 g/mol. The molecule has 1 fully saturated rings. The second kappa shape index (κ2) is 7.13. The summed E-state index contributed by atoms with van der Waals surface area (Å²) in [5, 5.41) is 4.24. The molecule has 19 heavy (non-hydrogen) atoms. The molecule has 1 saturated heterocycles. The summed E-state index contributed by atoms with van der Waals surface area (Å²) in [6.45, 7) is 8.73. The largest absolute Gasteiger partial charge is 0.380 e. The van der Waals surface area contributed by atoms with Gasteiger partial charge in [0.05, 0.1) is 17.3 Å². The molecule has 0 radical (unpaired) electrons. The van der Waals surface area contributed by atoms with Gasteiger partial charge in [0, 0.05) is 32.3 Å². The van der Waals surface area contributed by atoms with Crippen LogP contribution in [0.5, 0.6) is 0 Å². The molecule has 1 aromatic carbocycles. The van der Waals surface area contributed by atoms with Crippen molar-refractivity contribution in [2.45, 2.75) is 32.9 Å². The van der Waals surface area contributed by atoms with E-state index in [9.17, 15) is 0 Å². The second-order valence-electron chi connectivity index (χ2n) is 5.27. The molecule has 0 spiro atoms. The first-order chi connectivity index (χ1) is 9.16. The molecule has 1 heterocycles. The highest BCUT2D eigenvalue weighted by Crippen LogP contribution is 2.27. The molecule has 1 N–H and O–H groups in total. The Hall–Kier alpha value is -0.770. The lowest BCUT2D eigenvalue weighted by Crippen LogP contribution is -2.26. The maximum Gasteiger partial charge on any atom is 0.0642 e. The van der Waals surface area contributed by atoms with E-state index in [1.54, 1.807) is 0 Å². The van der Waals surface area contributed by atoms with E-state index < -0.39 is 0 Å². The van der Waals surface area contributed by atoms with Gasteiger partial charge in [0.2, 0.25) is 0 Å². The molecule has 0 bridgehead atoms. The maximum absolute atomic E-state index is 6.42. The molecule has 0 amide bonds. The van der Waals surface area contributed by atoms with Crippen molar-refractivity contribution in [1.82, 2.24) is 5.32 Å². The number of benzene rings is 1. The van der Waals surface area contributed by atoms with Crippen LogP contribution in [0.4, 0.5) is 5.69 Å². The van der Waals surface area contributed by atoms with Gasteiger partial charge in [-0.3, -0.25) is 0 Å². The number of halogens is 1. The van der Waals surface area contributed by atoms with E-state index in [0.29, 0.717) is 6.04 Å². The lowest BCUT2D eigenvalue weighted by atomic mass is 10.1. The fraction of sp³-hybridized carbons (Fsp3) is 0.600. The van der Waals surface area contributed by atoms with Crippen LogP contribution in [-0.4, -0.2) is 32.3 Å². The molecule has 0 aromatic heterocycles. The first kappa shape index (κ1) is 14.6. The van der Waals surface area contributed by atoms with Crippen molar-refractivity contribution in [2.75, 3.05) is 31.2 Å². The molecule has 4 heteroatoms. The number of rotatable bonds is 4. The average molecular weight is 283 g/mol. The molecule has 0 atom stereocenters. The third-order valence-corrected chi connectivity index (χ3v) is 3.59. The summed E-state index contributed by atoms with van der Waals surface area (Å²) in [4.78, 5) is 2.31. The molecule has 1 aliphatic heterocycles. The van der Waals surface area contributed by atoms with Gasteiger partial charge in [-0.05, 0) is 24.1 Å². The number of ether oxygens (including phenoxy) is 1. The van der Waals surface area contributed by atoms with E-state index in [1.807, 2.05) is 0 Å². The summed E-state index contributed by atoms with van der Waals surface area (Å²) in [7, 11) is 0. The first-order valence-electron chi connectivity index (χ1n) is 7.01.